The van der Waals surface area contributed by atoms with Crippen LogP contribution in [0.5, 0.6) is 0 Å². The molecule has 0 aliphatic carbocycles. The van der Waals surface area contributed by atoms with Gasteiger partial charge in [-0.25, -0.2) is 0 Å². The maximum atomic E-state index is 12.0. The van der Waals surface area contributed by atoms with Gasteiger partial charge in [-0.15, -0.1) is 10.2 Å². The highest BCUT2D eigenvalue weighted by molar-refractivity contribution is 7.99. The molecule has 140 valence electrons. The van der Waals surface area contributed by atoms with Crippen LogP contribution in [0.3, 0.4) is 0 Å². The number of carbonyl (C=O) groups is 1. The van der Waals surface area contributed by atoms with Gasteiger partial charge in [0.1, 0.15) is 0 Å². The lowest BCUT2D eigenvalue weighted by atomic mass is 10.2. The molecule has 1 heterocycles. The van der Waals surface area contributed by atoms with E-state index in [1.54, 1.807) is 0 Å². The zero-order valence-electron chi connectivity index (χ0n) is 15.2. The lowest BCUT2D eigenvalue weighted by Crippen LogP contribution is -2.31. The molecule has 0 saturated heterocycles. The van der Waals surface area contributed by atoms with E-state index in [1.165, 1.54) is 11.8 Å². The number of rotatable bonds is 7. The van der Waals surface area contributed by atoms with Crippen molar-refractivity contribution in [1.29, 1.82) is 0 Å². The molecule has 3 rings (SSSR count). The average Bonchev–Trinajstić information content (AvgIpc) is 3.03. The number of aromatic nitrogens is 3. The van der Waals surface area contributed by atoms with Gasteiger partial charge in [-0.3, -0.25) is 9.36 Å². The summed E-state index contributed by atoms with van der Waals surface area (Å²) in [5.41, 5.74) is 1.94. The molecule has 0 radical (unpaired) electrons. The highest BCUT2D eigenvalue weighted by Crippen LogP contribution is 2.29. The standard InChI is InChI=1S/C20H21ClN4OS/c1-14(2)22-18(26)13-27-20-24-23-19(16-10-6-7-11-17(16)21)25(20)12-15-8-4-3-5-9-15/h3-11,14H,12-13H2,1-2H3,(H,22,26). The Bertz CT molecular complexity index is 911. The molecular weight excluding hydrogens is 380 g/mol. The second-order valence-electron chi connectivity index (χ2n) is 6.37. The molecule has 2 aromatic carbocycles. The molecule has 1 aromatic heterocycles. The van der Waals surface area contributed by atoms with Crippen LogP contribution in [-0.4, -0.2) is 32.5 Å². The van der Waals surface area contributed by atoms with Crippen LogP contribution < -0.4 is 5.32 Å². The van der Waals surface area contributed by atoms with Gasteiger partial charge in [-0.1, -0.05) is 65.8 Å². The Labute approximate surface area is 168 Å². The summed E-state index contributed by atoms with van der Waals surface area (Å²) >= 11 is 7.75. The van der Waals surface area contributed by atoms with E-state index in [9.17, 15) is 4.79 Å². The fourth-order valence-corrected chi connectivity index (χ4v) is 3.61. The zero-order valence-corrected chi connectivity index (χ0v) is 16.8. The fraction of sp³-hybridized carbons (Fsp3) is 0.250. The smallest absolute Gasteiger partial charge is 0.230 e. The molecule has 1 amide bonds. The van der Waals surface area contributed by atoms with Gasteiger partial charge in [0.2, 0.25) is 5.91 Å². The van der Waals surface area contributed by atoms with Crippen LogP contribution in [0.15, 0.2) is 59.8 Å². The molecule has 0 saturated carbocycles. The molecule has 0 aliphatic rings. The molecule has 0 unspecified atom stereocenters. The van der Waals surface area contributed by atoms with Crippen LogP contribution in [0.4, 0.5) is 0 Å². The molecular formula is C20H21ClN4OS. The molecule has 5 nitrogen and oxygen atoms in total. The van der Waals surface area contributed by atoms with Gasteiger partial charge in [-0.05, 0) is 31.5 Å². The number of amides is 1. The van der Waals surface area contributed by atoms with E-state index in [1.807, 2.05) is 60.9 Å². The molecule has 0 spiro atoms. The Hall–Kier alpha value is -2.31. The molecule has 0 fully saturated rings. The normalized spacial score (nSPS) is 11.0. The maximum Gasteiger partial charge on any atom is 0.230 e. The van der Waals surface area contributed by atoms with E-state index in [0.717, 1.165) is 11.1 Å². The highest BCUT2D eigenvalue weighted by Gasteiger charge is 2.18. The second kappa shape index (κ2) is 9.06. The summed E-state index contributed by atoms with van der Waals surface area (Å²) in [5, 5.41) is 12.9. The molecule has 0 bridgehead atoms. The number of nitrogens with zero attached hydrogens (tertiary/aromatic N) is 3. The van der Waals surface area contributed by atoms with Gasteiger partial charge in [0.15, 0.2) is 11.0 Å². The predicted octanol–water partition coefficient (Wildman–Crippen LogP) is 4.26. The fourth-order valence-electron chi connectivity index (χ4n) is 2.64. The van der Waals surface area contributed by atoms with Crippen molar-refractivity contribution in [2.45, 2.75) is 31.6 Å². The SMILES string of the molecule is CC(C)NC(=O)CSc1nnc(-c2ccccc2Cl)n1Cc1ccccc1. The monoisotopic (exact) mass is 400 g/mol. The third kappa shape index (κ3) is 5.11. The van der Waals surface area contributed by atoms with Crippen LogP contribution >= 0.6 is 23.4 Å². The minimum absolute atomic E-state index is 0.0245. The Morgan fingerprint density at radius 2 is 1.81 bits per heavy atom. The maximum absolute atomic E-state index is 12.0. The summed E-state index contributed by atoms with van der Waals surface area (Å²) in [7, 11) is 0. The Balaban J connectivity index is 1.91. The first-order chi connectivity index (χ1) is 13.0. The van der Waals surface area contributed by atoms with Gasteiger partial charge in [0.25, 0.3) is 0 Å². The van der Waals surface area contributed by atoms with Gasteiger partial charge in [0, 0.05) is 11.6 Å². The Morgan fingerprint density at radius 1 is 1.11 bits per heavy atom. The van der Waals surface area contributed by atoms with Crippen molar-refractivity contribution in [3.8, 4) is 11.4 Å². The minimum Gasteiger partial charge on any atom is -0.353 e. The number of nitrogens with one attached hydrogen (secondary N) is 1. The number of hydrogen-bond donors (Lipinski definition) is 1. The van der Waals surface area contributed by atoms with Crippen molar-refractivity contribution < 1.29 is 4.79 Å². The topological polar surface area (TPSA) is 59.8 Å². The van der Waals surface area contributed by atoms with Crippen molar-refractivity contribution in [2.75, 3.05) is 5.75 Å². The quantitative estimate of drug-likeness (QED) is 0.602. The van der Waals surface area contributed by atoms with Crippen molar-refractivity contribution >= 4 is 29.3 Å². The predicted molar refractivity (Wildman–Crippen MR) is 110 cm³/mol. The summed E-state index contributed by atoms with van der Waals surface area (Å²) in [6.45, 7) is 4.48. The van der Waals surface area contributed by atoms with Crippen LogP contribution in [-0.2, 0) is 11.3 Å². The summed E-state index contributed by atoms with van der Waals surface area (Å²) in [5.74, 6) is 0.952. The number of benzene rings is 2. The first-order valence-corrected chi connectivity index (χ1v) is 10.0. The molecule has 27 heavy (non-hydrogen) atoms. The van der Waals surface area contributed by atoms with Gasteiger partial charge in [0.05, 0.1) is 17.3 Å². The number of hydrogen-bond acceptors (Lipinski definition) is 4. The van der Waals surface area contributed by atoms with Crippen molar-refractivity contribution in [1.82, 2.24) is 20.1 Å². The van der Waals surface area contributed by atoms with Gasteiger partial charge < -0.3 is 5.32 Å². The van der Waals surface area contributed by atoms with Crippen molar-refractivity contribution in [3.63, 3.8) is 0 Å². The van der Waals surface area contributed by atoms with Crippen molar-refractivity contribution in [3.05, 3.63) is 65.2 Å². The van der Waals surface area contributed by atoms with E-state index in [0.29, 0.717) is 22.5 Å². The summed E-state index contributed by atoms with van der Waals surface area (Å²) in [6, 6.07) is 17.8. The molecule has 7 heteroatoms. The molecule has 0 aliphatic heterocycles. The van der Waals surface area contributed by atoms with Gasteiger partial charge >= 0.3 is 0 Å². The summed E-state index contributed by atoms with van der Waals surface area (Å²) in [4.78, 5) is 12.0. The number of carbonyl (C=O) groups excluding carboxylic acids is 1. The number of thioether (sulfide) groups is 1. The Morgan fingerprint density at radius 3 is 2.52 bits per heavy atom. The van der Waals surface area contributed by atoms with Gasteiger partial charge in [-0.2, -0.15) is 0 Å². The third-order valence-corrected chi connectivity index (χ3v) is 5.09. The van der Waals surface area contributed by atoms with E-state index < -0.39 is 0 Å². The van der Waals surface area contributed by atoms with Crippen LogP contribution in [0.1, 0.15) is 19.4 Å². The average molecular weight is 401 g/mol. The lowest BCUT2D eigenvalue weighted by molar-refractivity contribution is -0.119. The van der Waals surface area contributed by atoms with E-state index in [4.69, 9.17) is 11.6 Å². The zero-order chi connectivity index (χ0) is 19.2. The first-order valence-electron chi connectivity index (χ1n) is 8.69. The van der Waals surface area contributed by atoms with Crippen LogP contribution in [0.2, 0.25) is 5.02 Å². The Kier molecular flexibility index (Phi) is 6.53. The highest BCUT2D eigenvalue weighted by atomic mass is 35.5. The summed E-state index contributed by atoms with van der Waals surface area (Å²) < 4.78 is 2.00. The second-order valence-corrected chi connectivity index (χ2v) is 7.72. The summed E-state index contributed by atoms with van der Waals surface area (Å²) in [6.07, 6.45) is 0. The molecule has 0 atom stereocenters. The number of halogens is 1. The van der Waals surface area contributed by atoms with Crippen LogP contribution in [0.25, 0.3) is 11.4 Å². The molecule has 3 aromatic rings. The van der Waals surface area contributed by atoms with Crippen molar-refractivity contribution in [2.24, 2.45) is 0 Å². The largest absolute Gasteiger partial charge is 0.353 e. The first kappa shape index (κ1) is 19.5. The van der Waals surface area contributed by atoms with E-state index in [2.05, 4.69) is 27.6 Å². The van der Waals surface area contributed by atoms with E-state index >= 15 is 0 Å². The molecule has 1 N–H and O–H groups in total. The third-order valence-electron chi connectivity index (χ3n) is 3.80. The minimum atomic E-state index is -0.0245. The van der Waals surface area contributed by atoms with E-state index in [-0.39, 0.29) is 17.7 Å². The van der Waals surface area contributed by atoms with Crippen LogP contribution in [0, 0.1) is 0 Å². The lowest BCUT2D eigenvalue weighted by Gasteiger charge is -2.12.